The van der Waals surface area contributed by atoms with Crippen LogP contribution in [0.25, 0.3) is 0 Å². The maximum absolute atomic E-state index is 13.8. The van der Waals surface area contributed by atoms with Crippen molar-refractivity contribution in [3.63, 3.8) is 0 Å². The third-order valence-electron chi connectivity index (χ3n) is 4.01. The molecule has 1 atom stereocenters. The normalized spacial score (nSPS) is 11.8. The second kappa shape index (κ2) is 8.68. The van der Waals surface area contributed by atoms with Gasteiger partial charge in [0.25, 0.3) is 5.91 Å². The number of halogens is 1. The van der Waals surface area contributed by atoms with E-state index in [0.29, 0.717) is 11.1 Å². The molecule has 140 valence electrons. The van der Waals surface area contributed by atoms with Gasteiger partial charge in [0.2, 0.25) is 0 Å². The third kappa shape index (κ3) is 4.85. The second-order valence-electron chi connectivity index (χ2n) is 5.87. The first-order chi connectivity index (χ1) is 13.1. The van der Waals surface area contributed by atoms with E-state index in [1.807, 2.05) is 19.1 Å². The van der Waals surface area contributed by atoms with Crippen LogP contribution in [0.5, 0.6) is 5.75 Å². The number of thioether (sulfide) groups is 1. The van der Waals surface area contributed by atoms with Gasteiger partial charge >= 0.3 is 0 Å². The number of aromatic amines is 1. The molecule has 0 saturated heterocycles. The van der Waals surface area contributed by atoms with Gasteiger partial charge in [0.05, 0.1) is 13.2 Å². The highest BCUT2D eigenvalue weighted by Gasteiger charge is 2.13. The number of nitrogens with one attached hydrogen (secondary N) is 2. The highest BCUT2D eigenvalue weighted by atomic mass is 32.2. The Labute approximate surface area is 160 Å². The molecule has 0 radical (unpaired) electrons. The van der Waals surface area contributed by atoms with Crippen LogP contribution in [-0.2, 0) is 5.75 Å². The molecule has 0 aliphatic carbocycles. The van der Waals surface area contributed by atoms with Gasteiger partial charge in [0.1, 0.15) is 6.33 Å². The van der Waals surface area contributed by atoms with Crippen LogP contribution in [0.4, 0.5) is 4.39 Å². The molecule has 0 bridgehead atoms. The number of hydrogen-bond acceptors (Lipinski definition) is 5. The number of carbonyl (C=O) groups excluding carboxylic acids is 1. The predicted octanol–water partition coefficient (Wildman–Crippen LogP) is 3.74. The van der Waals surface area contributed by atoms with Gasteiger partial charge in [-0.1, -0.05) is 30.0 Å². The van der Waals surface area contributed by atoms with E-state index in [2.05, 4.69) is 20.5 Å². The number of hydrogen-bond donors (Lipinski definition) is 2. The number of nitrogens with zero attached hydrogens (tertiary/aromatic N) is 2. The highest BCUT2D eigenvalue weighted by molar-refractivity contribution is 7.98. The zero-order valence-electron chi connectivity index (χ0n) is 14.9. The fourth-order valence-corrected chi connectivity index (χ4v) is 3.22. The molecular weight excluding hydrogens is 367 g/mol. The Kier molecular flexibility index (Phi) is 6.08. The molecule has 0 fully saturated rings. The van der Waals surface area contributed by atoms with E-state index >= 15 is 0 Å². The van der Waals surface area contributed by atoms with Crippen molar-refractivity contribution in [1.82, 2.24) is 20.5 Å². The van der Waals surface area contributed by atoms with Crippen LogP contribution in [0.1, 0.15) is 34.5 Å². The Bertz CT molecular complexity index is 901. The summed E-state index contributed by atoms with van der Waals surface area (Å²) in [5.41, 5.74) is 2.28. The molecule has 0 aliphatic heterocycles. The lowest BCUT2D eigenvalue weighted by Crippen LogP contribution is -2.26. The molecule has 0 spiro atoms. The molecule has 3 aromatic rings. The van der Waals surface area contributed by atoms with Crippen molar-refractivity contribution >= 4 is 17.7 Å². The van der Waals surface area contributed by atoms with Crippen LogP contribution in [0.3, 0.4) is 0 Å². The van der Waals surface area contributed by atoms with E-state index in [1.54, 1.807) is 24.3 Å². The Morgan fingerprint density at radius 3 is 2.70 bits per heavy atom. The maximum Gasteiger partial charge on any atom is 0.251 e. The van der Waals surface area contributed by atoms with Crippen molar-refractivity contribution in [1.29, 1.82) is 0 Å². The van der Waals surface area contributed by atoms with Crippen LogP contribution in [0, 0.1) is 5.82 Å². The first kappa shape index (κ1) is 18.9. The van der Waals surface area contributed by atoms with Gasteiger partial charge in [-0.15, -0.1) is 0 Å². The van der Waals surface area contributed by atoms with Gasteiger partial charge in [-0.25, -0.2) is 9.37 Å². The molecule has 0 aliphatic rings. The fourth-order valence-electron chi connectivity index (χ4n) is 2.48. The van der Waals surface area contributed by atoms with Gasteiger partial charge < -0.3 is 10.1 Å². The van der Waals surface area contributed by atoms with E-state index < -0.39 is 5.82 Å². The average Bonchev–Trinajstić information content (AvgIpc) is 3.20. The first-order valence-corrected chi connectivity index (χ1v) is 9.27. The zero-order valence-corrected chi connectivity index (χ0v) is 15.7. The second-order valence-corrected chi connectivity index (χ2v) is 6.83. The molecule has 27 heavy (non-hydrogen) atoms. The van der Waals surface area contributed by atoms with Gasteiger partial charge in [0, 0.05) is 11.3 Å². The average molecular weight is 386 g/mol. The Morgan fingerprint density at radius 1 is 1.30 bits per heavy atom. The number of amides is 1. The van der Waals surface area contributed by atoms with Crippen molar-refractivity contribution in [2.24, 2.45) is 0 Å². The smallest absolute Gasteiger partial charge is 0.251 e. The zero-order chi connectivity index (χ0) is 19.2. The summed E-state index contributed by atoms with van der Waals surface area (Å²) in [5.74, 6) is 0.229. The van der Waals surface area contributed by atoms with E-state index in [0.717, 1.165) is 16.5 Å². The fraction of sp³-hybridized carbons (Fsp3) is 0.211. The Morgan fingerprint density at radius 2 is 2.07 bits per heavy atom. The molecule has 8 heteroatoms. The number of benzene rings is 2. The predicted molar refractivity (Wildman–Crippen MR) is 101 cm³/mol. The van der Waals surface area contributed by atoms with E-state index in [4.69, 9.17) is 4.74 Å². The molecule has 6 nitrogen and oxygen atoms in total. The van der Waals surface area contributed by atoms with E-state index in [-0.39, 0.29) is 17.7 Å². The summed E-state index contributed by atoms with van der Waals surface area (Å²) in [6.07, 6.45) is 1.46. The lowest BCUT2D eigenvalue weighted by atomic mass is 10.1. The van der Waals surface area contributed by atoms with Crippen LogP contribution in [0.15, 0.2) is 53.9 Å². The minimum atomic E-state index is -0.454. The number of methoxy groups -OCH3 is 1. The van der Waals surface area contributed by atoms with Crippen molar-refractivity contribution in [2.75, 3.05) is 7.11 Å². The molecule has 1 amide bonds. The lowest BCUT2D eigenvalue weighted by Gasteiger charge is -2.15. The minimum absolute atomic E-state index is 0.177. The van der Waals surface area contributed by atoms with Gasteiger partial charge in [0.15, 0.2) is 16.7 Å². The van der Waals surface area contributed by atoms with Crippen molar-refractivity contribution in [3.05, 3.63) is 71.3 Å². The molecule has 1 aromatic heterocycles. The van der Waals surface area contributed by atoms with Crippen molar-refractivity contribution < 1.29 is 13.9 Å². The van der Waals surface area contributed by atoms with Gasteiger partial charge in [-0.05, 0) is 42.3 Å². The van der Waals surface area contributed by atoms with Crippen LogP contribution in [0.2, 0.25) is 0 Å². The van der Waals surface area contributed by atoms with Crippen LogP contribution >= 0.6 is 11.8 Å². The molecular formula is C19H19FN4O2S. The van der Waals surface area contributed by atoms with Gasteiger partial charge in [-0.3, -0.25) is 9.89 Å². The Hall–Kier alpha value is -2.87. The van der Waals surface area contributed by atoms with Gasteiger partial charge in [-0.2, -0.15) is 5.10 Å². The maximum atomic E-state index is 13.8. The minimum Gasteiger partial charge on any atom is -0.494 e. The molecule has 0 saturated carbocycles. The monoisotopic (exact) mass is 386 g/mol. The number of ether oxygens (including phenoxy) is 1. The van der Waals surface area contributed by atoms with Crippen molar-refractivity contribution in [3.8, 4) is 5.75 Å². The summed E-state index contributed by atoms with van der Waals surface area (Å²) in [7, 11) is 1.41. The molecule has 3 rings (SSSR count). The first-order valence-electron chi connectivity index (χ1n) is 8.28. The number of H-pyrrole nitrogens is 1. The summed E-state index contributed by atoms with van der Waals surface area (Å²) in [4.78, 5) is 16.5. The number of aromatic nitrogens is 3. The SMILES string of the molecule is COc1ccc(C(C)NC(=O)c2ccc(CSc3ncn[nH]3)cc2)cc1F. The molecule has 2 N–H and O–H groups in total. The highest BCUT2D eigenvalue weighted by Crippen LogP contribution is 2.22. The lowest BCUT2D eigenvalue weighted by molar-refractivity contribution is 0.0940. The number of rotatable bonds is 7. The summed E-state index contributed by atoms with van der Waals surface area (Å²) in [6, 6.07) is 11.7. The Balaban J connectivity index is 1.59. The van der Waals surface area contributed by atoms with E-state index in [1.165, 1.54) is 31.3 Å². The quantitative estimate of drug-likeness (QED) is 0.605. The molecule has 1 unspecified atom stereocenters. The summed E-state index contributed by atoms with van der Waals surface area (Å²) < 4.78 is 18.8. The number of carbonyl (C=O) groups is 1. The molecule has 1 heterocycles. The standard InChI is InChI=1S/C19H19FN4O2S/c1-12(15-7-8-17(26-2)16(20)9-15)23-18(25)14-5-3-13(4-6-14)10-27-19-21-11-22-24-19/h3-9,11-12H,10H2,1-2H3,(H,23,25)(H,21,22,24). The summed E-state index contributed by atoms with van der Waals surface area (Å²) in [6.45, 7) is 1.81. The van der Waals surface area contributed by atoms with Crippen molar-refractivity contribution in [2.45, 2.75) is 23.9 Å². The summed E-state index contributed by atoms with van der Waals surface area (Å²) in [5, 5.41) is 10.2. The largest absolute Gasteiger partial charge is 0.494 e. The molecule has 2 aromatic carbocycles. The van der Waals surface area contributed by atoms with Crippen LogP contribution < -0.4 is 10.1 Å². The topological polar surface area (TPSA) is 79.9 Å². The van der Waals surface area contributed by atoms with E-state index in [9.17, 15) is 9.18 Å². The van der Waals surface area contributed by atoms with Crippen LogP contribution in [-0.4, -0.2) is 28.2 Å². The summed E-state index contributed by atoms with van der Waals surface area (Å²) >= 11 is 1.53. The third-order valence-corrected chi connectivity index (χ3v) is 4.96.